The Bertz CT molecular complexity index is 1370. The molecule has 0 unspecified atom stereocenters. The van der Waals surface area contributed by atoms with E-state index < -0.39 is 35.5 Å². The predicted molar refractivity (Wildman–Crippen MR) is 136 cm³/mol. The molecule has 1 fully saturated rings. The molecule has 1 aromatic heterocycles. The zero-order valence-corrected chi connectivity index (χ0v) is 21.1. The summed E-state index contributed by atoms with van der Waals surface area (Å²) < 4.78 is 50.2. The molecule has 2 heterocycles. The Hall–Kier alpha value is -4.17. The first kappa shape index (κ1) is 27.9. The van der Waals surface area contributed by atoms with Gasteiger partial charge in [-0.2, -0.15) is 17.5 Å². The van der Waals surface area contributed by atoms with Gasteiger partial charge in [-0.15, -0.1) is 0 Å². The Kier molecular flexibility index (Phi) is 8.06. The van der Waals surface area contributed by atoms with Gasteiger partial charge in [0.1, 0.15) is 16.7 Å². The summed E-state index contributed by atoms with van der Waals surface area (Å²) in [5.41, 5.74) is 9.35. The maximum atomic E-state index is 13.9. The summed E-state index contributed by atoms with van der Waals surface area (Å²) in [6.07, 6.45) is -3.50. The third kappa shape index (κ3) is 6.12. The van der Waals surface area contributed by atoms with Gasteiger partial charge < -0.3 is 26.6 Å². The molecule has 0 spiro atoms. The standard InChI is InChI=1S/C25H24F3N5O5S/c26-25(27,28)14-3-1-4-15(11-14)33(24(37)21-18(29)19(22(30)35)32-39-21)20(13-6-8-16(34)9-7-13)23(36)31-12-17-5-2-10-38-17/h1,3-4,6-9,11,17,20,34H,2,5,10,12,29H2,(H2,30,35)(H,31,36)/t17-,20-/m1/s1. The lowest BCUT2D eigenvalue weighted by Crippen LogP contribution is -2.45. The van der Waals surface area contributed by atoms with Crippen molar-refractivity contribution < 1.29 is 37.4 Å². The highest BCUT2D eigenvalue weighted by Gasteiger charge is 2.38. The molecular weight excluding hydrogens is 539 g/mol. The first-order chi connectivity index (χ1) is 18.5. The lowest BCUT2D eigenvalue weighted by molar-refractivity contribution is -0.137. The van der Waals surface area contributed by atoms with Crippen LogP contribution in [0.2, 0.25) is 0 Å². The van der Waals surface area contributed by atoms with Crippen LogP contribution in [-0.4, -0.2) is 46.5 Å². The summed E-state index contributed by atoms with van der Waals surface area (Å²) in [7, 11) is 0. The van der Waals surface area contributed by atoms with E-state index in [1.54, 1.807) is 0 Å². The summed E-state index contributed by atoms with van der Waals surface area (Å²) in [5, 5.41) is 12.5. The molecule has 0 radical (unpaired) electrons. The Morgan fingerprint density at radius 1 is 1.21 bits per heavy atom. The van der Waals surface area contributed by atoms with Gasteiger partial charge in [0.05, 0.1) is 17.4 Å². The normalized spacial score (nSPS) is 16.0. The number of nitrogens with two attached hydrogens (primary N) is 2. The van der Waals surface area contributed by atoms with Crippen molar-refractivity contribution in [3.8, 4) is 5.75 Å². The van der Waals surface area contributed by atoms with Crippen LogP contribution in [0.15, 0.2) is 48.5 Å². The first-order valence-corrected chi connectivity index (χ1v) is 12.5. The molecule has 6 N–H and O–H groups in total. The fourth-order valence-corrected chi connectivity index (χ4v) is 4.89. The van der Waals surface area contributed by atoms with Gasteiger partial charge in [-0.1, -0.05) is 18.2 Å². The van der Waals surface area contributed by atoms with Crippen LogP contribution in [0.3, 0.4) is 0 Å². The predicted octanol–water partition coefficient (Wildman–Crippen LogP) is 3.23. The first-order valence-electron chi connectivity index (χ1n) is 11.7. The summed E-state index contributed by atoms with van der Waals surface area (Å²) >= 11 is 0.525. The van der Waals surface area contributed by atoms with Gasteiger partial charge in [-0.25, -0.2) is 0 Å². The zero-order valence-electron chi connectivity index (χ0n) is 20.3. The van der Waals surface area contributed by atoms with Gasteiger partial charge in [0, 0.05) is 18.8 Å². The quantitative estimate of drug-likeness (QED) is 0.327. The van der Waals surface area contributed by atoms with Crippen LogP contribution in [-0.2, 0) is 15.7 Å². The summed E-state index contributed by atoms with van der Waals surface area (Å²) in [6, 6.07) is 7.65. The molecule has 0 saturated carbocycles. The number of amides is 3. The van der Waals surface area contributed by atoms with E-state index >= 15 is 0 Å². The highest BCUT2D eigenvalue weighted by Crippen LogP contribution is 2.37. The maximum Gasteiger partial charge on any atom is 0.416 e. The molecule has 3 amide bonds. The fourth-order valence-electron chi connectivity index (χ4n) is 4.14. The smallest absolute Gasteiger partial charge is 0.416 e. The molecule has 10 nitrogen and oxygen atoms in total. The second-order valence-corrected chi connectivity index (χ2v) is 9.51. The number of halogens is 3. The number of aromatic nitrogens is 1. The number of hydrogen-bond acceptors (Lipinski definition) is 8. The molecule has 3 aromatic rings. The number of phenolic OH excluding ortho intramolecular Hbond substituents is 1. The molecule has 4 rings (SSSR count). The second-order valence-electron chi connectivity index (χ2n) is 8.74. The Morgan fingerprint density at radius 2 is 1.92 bits per heavy atom. The topological polar surface area (TPSA) is 161 Å². The number of benzene rings is 2. The number of ether oxygens (including phenoxy) is 1. The lowest BCUT2D eigenvalue weighted by atomic mass is 10.0. The molecule has 0 aliphatic carbocycles. The van der Waals surface area contributed by atoms with Crippen LogP contribution >= 0.6 is 11.5 Å². The number of carbonyl (C=O) groups is 3. The number of primary amides is 1. The van der Waals surface area contributed by atoms with E-state index in [0.717, 1.165) is 29.5 Å². The van der Waals surface area contributed by atoms with Crippen LogP contribution in [0.25, 0.3) is 0 Å². The second kappa shape index (κ2) is 11.3. The van der Waals surface area contributed by atoms with E-state index in [0.29, 0.717) is 24.6 Å². The van der Waals surface area contributed by atoms with Gasteiger partial charge in [-0.05, 0) is 60.3 Å². The van der Waals surface area contributed by atoms with E-state index in [9.17, 15) is 32.7 Å². The number of alkyl halides is 3. The van der Waals surface area contributed by atoms with E-state index in [2.05, 4.69) is 9.69 Å². The van der Waals surface area contributed by atoms with E-state index in [4.69, 9.17) is 16.2 Å². The number of nitrogens with zero attached hydrogens (tertiary/aromatic N) is 2. The van der Waals surface area contributed by atoms with Crippen LogP contribution in [0.5, 0.6) is 5.75 Å². The van der Waals surface area contributed by atoms with Gasteiger partial charge in [-0.3, -0.25) is 19.3 Å². The molecule has 206 valence electrons. The average molecular weight is 564 g/mol. The van der Waals surface area contributed by atoms with E-state index in [-0.39, 0.29) is 45.9 Å². The Balaban J connectivity index is 1.86. The van der Waals surface area contributed by atoms with Crippen LogP contribution < -0.4 is 21.7 Å². The lowest BCUT2D eigenvalue weighted by Gasteiger charge is -2.32. The number of nitrogens with one attached hydrogen (secondary N) is 1. The van der Waals surface area contributed by atoms with Crippen molar-refractivity contribution in [3.63, 3.8) is 0 Å². The number of nitrogen functional groups attached to an aromatic ring is 1. The minimum Gasteiger partial charge on any atom is -0.508 e. The molecule has 1 aliphatic rings. The number of hydrogen-bond donors (Lipinski definition) is 4. The van der Waals surface area contributed by atoms with Crippen molar-refractivity contribution >= 4 is 40.6 Å². The van der Waals surface area contributed by atoms with Crippen LogP contribution in [0, 0.1) is 0 Å². The maximum absolute atomic E-state index is 13.9. The van der Waals surface area contributed by atoms with Crippen molar-refractivity contribution in [1.82, 2.24) is 9.69 Å². The largest absolute Gasteiger partial charge is 0.508 e. The van der Waals surface area contributed by atoms with Gasteiger partial charge in [0.25, 0.3) is 11.8 Å². The number of phenols is 1. The molecule has 0 bridgehead atoms. The molecule has 2 atom stereocenters. The van der Waals surface area contributed by atoms with Gasteiger partial charge in [0.2, 0.25) is 5.91 Å². The SMILES string of the molecule is NC(=O)c1nsc(C(=O)N(c2cccc(C(F)(F)F)c2)[C@@H](C(=O)NC[C@H]2CCCO2)c2ccc(O)cc2)c1N. The number of aromatic hydroxyl groups is 1. The number of carbonyl (C=O) groups excluding carboxylic acids is 3. The van der Waals surface area contributed by atoms with Crippen LogP contribution in [0.4, 0.5) is 24.5 Å². The monoisotopic (exact) mass is 563 g/mol. The van der Waals surface area contributed by atoms with Crippen molar-refractivity contribution in [2.45, 2.75) is 31.2 Å². The number of rotatable bonds is 8. The third-order valence-electron chi connectivity index (χ3n) is 6.07. The van der Waals surface area contributed by atoms with Crippen molar-refractivity contribution in [3.05, 3.63) is 70.2 Å². The fraction of sp³-hybridized carbons (Fsp3) is 0.280. The van der Waals surface area contributed by atoms with Gasteiger partial charge >= 0.3 is 6.18 Å². The van der Waals surface area contributed by atoms with E-state index in [1.807, 2.05) is 0 Å². The highest BCUT2D eigenvalue weighted by atomic mass is 32.1. The van der Waals surface area contributed by atoms with Gasteiger partial charge in [0.15, 0.2) is 5.69 Å². The Labute approximate surface area is 224 Å². The molecule has 1 aliphatic heterocycles. The average Bonchev–Trinajstić information content (AvgIpc) is 3.55. The third-order valence-corrected chi connectivity index (χ3v) is 6.92. The minimum absolute atomic E-state index is 0.104. The summed E-state index contributed by atoms with van der Waals surface area (Å²) in [5.74, 6) is -2.84. The summed E-state index contributed by atoms with van der Waals surface area (Å²) in [6.45, 7) is 0.635. The zero-order chi connectivity index (χ0) is 28.3. The highest BCUT2D eigenvalue weighted by molar-refractivity contribution is 7.09. The van der Waals surface area contributed by atoms with Crippen molar-refractivity contribution in [1.29, 1.82) is 0 Å². The molecule has 39 heavy (non-hydrogen) atoms. The molecule has 14 heteroatoms. The van der Waals surface area contributed by atoms with E-state index in [1.165, 1.54) is 30.3 Å². The molecular formula is C25H24F3N5O5S. The number of anilines is 2. The molecule has 2 aromatic carbocycles. The minimum atomic E-state index is -4.75. The summed E-state index contributed by atoms with van der Waals surface area (Å²) in [4.78, 5) is 39.8. The van der Waals surface area contributed by atoms with Crippen molar-refractivity contribution in [2.75, 3.05) is 23.8 Å². The van der Waals surface area contributed by atoms with Crippen molar-refractivity contribution in [2.24, 2.45) is 5.73 Å². The van der Waals surface area contributed by atoms with Crippen LogP contribution in [0.1, 0.15) is 50.2 Å². The molecule has 1 saturated heterocycles. The Morgan fingerprint density at radius 3 is 2.51 bits per heavy atom.